The van der Waals surface area contributed by atoms with Gasteiger partial charge in [0, 0.05) is 31.8 Å². The predicted octanol–water partition coefficient (Wildman–Crippen LogP) is 13.5. The van der Waals surface area contributed by atoms with Crippen molar-refractivity contribution in [3.05, 3.63) is 187 Å². The zero-order valence-corrected chi connectivity index (χ0v) is 30.7. The first-order chi connectivity index (χ1) is 27.3. The van der Waals surface area contributed by atoms with Crippen LogP contribution in [0, 0.1) is 0 Å². The lowest BCUT2D eigenvalue weighted by molar-refractivity contribution is 0.929. The lowest BCUT2D eigenvalue weighted by Gasteiger charge is -2.33. The van der Waals surface area contributed by atoms with E-state index in [0.717, 1.165) is 40.5 Å². The van der Waals surface area contributed by atoms with Crippen molar-refractivity contribution in [2.24, 2.45) is 0 Å². The molecule has 0 atom stereocenters. The van der Waals surface area contributed by atoms with Crippen molar-refractivity contribution in [3.63, 3.8) is 0 Å². The molecule has 1 aliphatic carbocycles. The summed E-state index contributed by atoms with van der Waals surface area (Å²) in [6.07, 6.45) is 6.53. The van der Waals surface area contributed by atoms with Crippen molar-refractivity contribution < 1.29 is 0 Å². The highest BCUT2D eigenvalue weighted by Crippen LogP contribution is 2.52. The summed E-state index contributed by atoms with van der Waals surface area (Å²) in [6, 6.07) is 60.8. The Morgan fingerprint density at radius 1 is 0.509 bits per heavy atom. The van der Waals surface area contributed by atoms with Crippen LogP contribution in [0.4, 0.5) is 17.1 Å². The first kappa shape index (κ1) is 31.8. The molecule has 0 spiro atoms. The van der Waals surface area contributed by atoms with Gasteiger partial charge < -0.3 is 4.90 Å². The van der Waals surface area contributed by atoms with E-state index in [9.17, 15) is 0 Å². The average Bonchev–Trinajstić information content (AvgIpc) is 3.59. The van der Waals surface area contributed by atoms with Crippen molar-refractivity contribution >= 4 is 56.7 Å². The van der Waals surface area contributed by atoms with Crippen LogP contribution in [0.15, 0.2) is 186 Å². The topological polar surface area (TPSA) is 34.0 Å². The number of hydrogen-bond donors (Lipinski definition) is 0. The van der Waals surface area contributed by atoms with Gasteiger partial charge in [-0.1, -0.05) is 133 Å². The van der Waals surface area contributed by atoms with E-state index in [-0.39, 0.29) is 0 Å². The molecule has 0 unspecified atom stereocenters. The highest BCUT2D eigenvalue weighted by molar-refractivity contribution is 7.99. The molecule has 3 heterocycles. The number of aryl methyl sites for hydroxylation is 1. The number of nitrogens with zero attached hydrogens (tertiary/aromatic N) is 4. The summed E-state index contributed by atoms with van der Waals surface area (Å²) in [5.41, 5.74) is 15.0. The molecule has 55 heavy (non-hydrogen) atoms. The minimum Gasteiger partial charge on any atom is -0.308 e. The van der Waals surface area contributed by atoms with Gasteiger partial charge in [0.1, 0.15) is 0 Å². The van der Waals surface area contributed by atoms with Crippen LogP contribution in [0.1, 0.15) is 17.7 Å². The van der Waals surface area contributed by atoms with Gasteiger partial charge in [-0.05, 0) is 101 Å². The lowest BCUT2D eigenvalue weighted by Crippen LogP contribution is -2.14. The van der Waals surface area contributed by atoms with Crippen LogP contribution < -0.4 is 4.90 Å². The second-order valence-electron chi connectivity index (χ2n) is 14.1. The van der Waals surface area contributed by atoms with Crippen molar-refractivity contribution in [3.8, 4) is 39.5 Å². The van der Waals surface area contributed by atoms with E-state index in [0.29, 0.717) is 5.95 Å². The summed E-state index contributed by atoms with van der Waals surface area (Å²) in [5, 5.41) is 2.31. The maximum Gasteiger partial charge on any atom is 0.235 e. The number of anilines is 3. The van der Waals surface area contributed by atoms with Gasteiger partial charge in [-0.25, -0.2) is 9.97 Å². The van der Waals surface area contributed by atoms with Crippen LogP contribution in [0.2, 0.25) is 0 Å². The molecule has 11 rings (SSSR count). The third-order valence-corrected chi connectivity index (χ3v) is 12.0. The first-order valence-corrected chi connectivity index (χ1v) is 19.6. The number of fused-ring (bicyclic) bond motifs is 6. The van der Waals surface area contributed by atoms with Crippen LogP contribution >= 0.6 is 11.8 Å². The molecule has 0 fully saturated rings. The number of benzene rings is 7. The summed E-state index contributed by atoms with van der Waals surface area (Å²) in [4.78, 5) is 15.3. The van der Waals surface area contributed by atoms with Gasteiger partial charge in [-0.15, -0.1) is 0 Å². The Kier molecular flexibility index (Phi) is 7.52. The maximum absolute atomic E-state index is 5.26. The summed E-state index contributed by atoms with van der Waals surface area (Å²) in [6.45, 7) is 0. The molecule has 0 saturated heterocycles. The van der Waals surface area contributed by atoms with Gasteiger partial charge in [0.2, 0.25) is 5.95 Å². The first-order valence-electron chi connectivity index (χ1n) is 18.8. The maximum atomic E-state index is 5.26. The Balaban J connectivity index is 0.965. The number of aromatic nitrogens is 3. The standard InChI is InChI=1S/C50H34N4S/c1-3-13-35(14-4-1)49-40-18-7-9-19-42(40)51-50(52-49)54-43-20-10-8-17-39(43)41-31-36(27-29-44(41)54)33-23-25-34(26-24-33)37-28-30-46-48(32-37)55-47-22-12-11-21-45(47)53(46)38-15-5-2-6-16-38/h1-7,9-16,18-32H,8,17H2. The zero-order valence-electron chi connectivity index (χ0n) is 29.9. The zero-order chi connectivity index (χ0) is 36.3. The van der Waals surface area contributed by atoms with E-state index in [1.165, 1.54) is 65.8 Å². The Labute approximate surface area is 324 Å². The Bertz CT molecular complexity index is 2950. The number of allylic oxidation sites excluding steroid dienone is 1. The molecule has 5 heteroatoms. The molecule has 9 aromatic rings. The summed E-state index contributed by atoms with van der Waals surface area (Å²) in [5.74, 6) is 0.700. The molecule has 260 valence electrons. The number of rotatable bonds is 5. The van der Waals surface area contributed by atoms with Crippen LogP contribution in [0.3, 0.4) is 0 Å². The monoisotopic (exact) mass is 722 g/mol. The van der Waals surface area contributed by atoms with Gasteiger partial charge in [-0.3, -0.25) is 4.57 Å². The minimum absolute atomic E-state index is 0.700. The van der Waals surface area contributed by atoms with Crippen molar-refractivity contribution in [1.29, 1.82) is 0 Å². The molecule has 2 aliphatic rings. The van der Waals surface area contributed by atoms with E-state index < -0.39 is 0 Å². The van der Waals surface area contributed by atoms with E-state index in [4.69, 9.17) is 9.97 Å². The van der Waals surface area contributed by atoms with Crippen LogP contribution in [0.5, 0.6) is 0 Å². The fourth-order valence-electron chi connectivity index (χ4n) is 8.26. The van der Waals surface area contributed by atoms with Crippen LogP contribution in [-0.4, -0.2) is 14.5 Å². The van der Waals surface area contributed by atoms with E-state index in [1.807, 2.05) is 17.8 Å². The molecule has 4 nitrogen and oxygen atoms in total. The molecule has 0 amide bonds. The Morgan fingerprint density at radius 3 is 2.02 bits per heavy atom. The largest absolute Gasteiger partial charge is 0.308 e. The fourth-order valence-corrected chi connectivity index (χ4v) is 9.36. The molecular formula is C50H34N4S. The molecule has 7 aromatic carbocycles. The smallest absolute Gasteiger partial charge is 0.235 e. The highest BCUT2D eigenvalue weighted by Gasteiger charge is 2.25. The summed E-state index contributed by atoms with van der Waals surface area (Å²) >= 11 is 1.84. The van der Waals surface area contributed by atoms with E-state index in [2.05, 4.69) is 185 Å². The molecule has 0 bridgehead atoms. The number of para-hydroxylation sites is 3. The molecular weight excluding hydrogens is 689 g/mol. The van der Waals surface area contributed by atoms with Crippen molar-refractivity contribution in [1.82, 2.24) is 14.5 Å². The molecule has 0 N–H and O–H groups in total. The van der Waals surface area contributed by atoms with Crippen LogP contribution in [-0.2, 0) is 6.42 Å². The lowest BCUT2D eigenvalue weighted by atomic mass is 9.96. The number of hydrogen-bond acceptors (Lipinski definition) is 4. The third kappa shape index (κ3) is 5.38. The predicted molar refractivity (Wildman–Crippen MR) is 229 cm³/mol. The van der Waals surface area contributed by atoms with Crippen molar-refractivity contribution in [2.75, 3.05) is 4.90 Å². The average molecular weight is 723 g/mol. The van der Waals surface area contributed by atoms with Gasteiger partial charge in [0.05, 0.1) is 33.8 Å². The molecule has 2 aromatic heterocycles. The third-order valence-electron chi connectivity index (χ3n) is 10.9. The normalized spacial score (nSPS) is 13.1. The minimum atomic E-state index is 0.700. The Hall–Kier alpha value is -6.69. The van der Waals surface area contributed by atoms with E-state index in [1.54, 1.807) is 0 Å². The van der Waals surface area contributed by atoms with Gasteiger partial charge in [0.25, 0.3) is 0 Å². The van der Waals surface area contributed by atoms with Gasteiger partial charge >= 0.3 is 0 Å². The van der Waals surface area contributed by atoms with Crippen LogP contribution in [0.25, 0.3) is 67.3 Å². The quantitative estimate of drug-likeness (QED) is 0.177. The molecule has 0 saturated carbocycles. The van der Waals surface area contributed by atoms with Crippen molar-refractivity contribution in [2.45, 2.75) is 22.6 Å². The fraction of sp³-hybridized carbons (Fsp3) is 0.0400. The summed E-state index contributed by atoms with van der Waals surface area (Å²) in [7, 11) is 0. The second kappa shape index (κ2) is 13.0. The molecule has 1 aliphatic heterocycles. The second-order valence-corrected chi connectivity index (χ2v) is 15.2. The Morgan fingerprint density at radius 2 is 1.18 bits per heavy atom. The van der Waals surface area contributed by atoms with Gasteiger partial charge in [0.15, 0.2) is 0 Å². The highest BCUT2D eigenvalue weighted by atomic mass is 32.2. The molecule has 0 radical (unpaired) electrons. The SMILES string of the molecule is C1=Cc2c(c3cc(-c4ccc(-c5ccc6c(c5)Sc5ccccc5N6c5ccccc5)cc4)ccc3n2-c2nc(-c3ccccc3)c3ccccc3n2)CC1. The summed E-state index contributed by atoms with van der Waals surface area (Å²) < 4.78 is 2.26. The van der Waals surface area contributed by atoms with E-state index >= 15 is 0 Å². The van der Waals surface area contributed by atoms with Gasteiger partial charge in [-0.2, -0.15) is 0 Å².